The van der Waals surface area contributed by atoms with Crippen LogP contribution in [-0.4, -0.2) is 11.8 Å². The maximum atomic E-state index is 13.1. The predicted molar refractivity (Wildman–Crippen MR) is 114 cm³/mol. The molecule has 0 unspecified atom stereocenters. The lowest BCUT2D eigenvalue weighted by Gasteiger charge is -2.16. The molecule has 136 valence electrons. The second kappa shape index (κ2) is 6.78. The Balaban J connectivity index is 1.56. The van der Waals surface area contributed by atoms with Gasteiger partial charge < -0.3 is 0 Å². The van der Waals surface area contributed by atoms with E-state index in [9.17, 15) is 9.59 Å². The lowest BCUT2D eigenvalue weighted by Crippen LogP contribution is -2.29. The van der Waals surface area contributed by atoms with Gasteiger partial charge in [0.15, 0.2) is 0 Å². The molecule has 29 heavy (non-hydrogen) atoms. The lowest BCUT2D eigenvalue weighted by molar-refractivity contribution is 0.0926. The molecule has 0 fully saturated rings. The van der Waals surface area contributed by atoms with E-state index in [4.69, 9.17) is 0 Å². The monoisotopic (exact) mass is 373 g/mol. The van der Waals surface area contributed by atoms with Crippen LogP contribution in [0.15, 0.2) is 91.0 Å². The van der Waals surface area contributed by atoms with Crippen molar-refractivity contribution in [3.8, 4) is 11.8 Å². The minimum absolute atomic E-state index is 0.302. The topological polar surface area (TPSA) is 37.4 Å². The Hall–Kier alpha value is -4.16. The molecule has 2 amide bonds. The second-order valence-corrected chi connectivity index (χ2v) is 6.82. The molecule has 4 aromatic rings. The van der Waals surface area contributed by atoms with Gasteiger partial charge in [0.2, 0.25) is 0 Å². The van der Waals surface area contributed by atoms with Crippen molar-refractivity contribution in [2.24, 2.45) is 0 Å². The highest BCUT2D eigenvalue weighted by Crippen LogP contribution is 2.33. The van der Waals surface area contributed by atoms with Crippen LogP contribution in [0.1, 0.15) is 31.8 Å². The zero-order valence-corrected chi connectivity index (χ0v) is 15.4. The highest BCUT2D eigenvalue weighted by Gasteiger charge is 2.37. The molecule has 0 saturated heterocycles. The van der Waals surface area contributed by atoms with Crippen LogP contribution in [0.3, 0.4) is 0 Å². The Morgan fingerprint density at radius 3 is 2.14 bits per heavy atom. The molecule has 0 saturated carbocycles. The van der Waals surface area contributed by atoms with E-state index in [1.807, 2.05) is 66.7 Å². The van der Waals surface area contributed by atoms with Crippen molar-refractivity contribution >= 4 is 28.3 Å². The normalized spacial score (nSPS) is 12.6. The molecule has 0 bridgehead atoms. The molecule has 1 aliphatic rings. The van der Waals surface area contributed by atoms with Crippen molar-refractivity contribution in [1.29, 1.82) is 0 Å². The third-order valence-electron chi connectivity index (χ3n) is 5.02. The standard InChI is InChI=1S/C26H15NO2/c28-25-22-16-15-19(14-13-18-7-2-1-3-8-18)17-23(22)26(29)27(25)24-12-6-10-20-9-4-5-11-21(20)24/h1-12,15-17H. The zero-order chi connectivity index (χ0) is 19.8. The SMILES string of the molecule is O=C1c2ccc(C#Cc3ccccc3)cc2C(=O)N1c1cccc2ccccc12. The van der Waals surface area contributed by atoms with E-state index >= 15 is 0 Å². The van der Waals surface area contributed by atoms with Gasteiger partial charge in [-0.15, -0.1) is 0 Å². The first kappa shape index (κ1) is 17.0. The smallest absolute Gasteiger partial charge is 0.266 e. The lowest BCUT2D eigenvalue weighted by atomic mass is 10.1. The minimum Gasteiger partial charge on any atom is -0.268 e. The number of amides is 2. The maximum absolute atomic E-state index is 13.1. The number of anilines is 1. The molecule has 4 aromatic carbocycles. The first-order chi connectivity index (χ1) is 14.2. The van der Waals surface area contributed by atoms with E-state index in [1.54, 1.807) is 24.3 Å². The molecular weight excluding hydrogens is 358 g/mol. The molecule has 3 nitrogen and oxygen atoms in total. The van der Waals surface area contributed by atoms with Gasteiger partial charge in [0.05, 0.1) is 16.8 Å². The average molecular weight is 373 g/mol. The van der Waals surface area contributed by atoms with Crippen LogP contribution in [0.5, 0.6) is 0 Å². The first-order valence-corrected chi connectivity index (χ1v) is 9.30. The predicted octanol–water partition coefficient (Wildman–Crippen LogP) is 5.04. The Kier molecular flexibility index (Phi) is 3.97. The van der Waals surface area contributed by atoms with Gasteiger partial charge in [-0.25, -0.2) is 4.90 Å². The number of nitrogens with zero attached hydrogens (tertiary/aromatic N) is 1. The molecule has 1 aliphatic heterocycles. The fraction of sp³-hybridized carbons (Fsp3) is 0. The molecule has 0 N–H and O–H groups in total. The van der Waals surface area contributed by atoms with Gasteiger partial charge in [0.25, 0.3) is 11.8 Å². The number of carbonyl (C=O) groups excluding carboxylic acids is 2. The molecule has 5 rings (SSSR count). The van der Waals surface area contributed by atoms with Crippen LogP contribution in [0.25, 0.3) is 10.8 Å². The van der Waals surface area contributed by atoms with Crippen LogP contribution in [0, 0.1) is 11.8 Å². The van der Waals surface area contributed by atoms with Crippen LogP contribution in [0.4, 0.5) is 5.69 Å². The van der Waals surface area contributed by atoms with Crippen molar-refractivity contribution < 1.29 is 9.59 Å². The van der Waals surface area contributed by atoms with Crippen LogP contribution in [0.2, 0.25) is 0 Å². The first-order valence-electron chi connectivity index (χ1n) is 9.30. The van der Waals surface area contributed by atoms with Gasteiger partial charge in [0, 0.05) is 16.5 Å². The van der Waals surface area contributed by atoms with Gasteiger partial charge >= 0.3 is 0 Å². The van der Waals surface area contributed by atoms with Crippen molar-refractivity contribution in [3.05, 3.63) is 113 Å². The molecule has 1 heterocycles. The summed E-state index contributed by atoms with van der Waals surface area (Å²) in [4.78, 5) is 27.4. The Bertz CT molecular complexity index is 1340. The van der Waals surface area contributed by atoms with Crippen molar-refractivity contribution in [3.63, 3.8) is 0 Å². The molecular formula is C26H15NO2. The third-order valence-corrected chi connectivity index (χ3v) is 5.02. The van der Waals surface area contributed by atoms with Gasteiger partial charge in [0.1, 0.15) is 0 Å². The fourth-order valence-corrected chi connectivity index (χ4v) is 3.61. The maximum Gasteiger partial charge on any atom is 0.266 e. The molecule has 0 radical (unpaired) electrons. The number of hydrogen-bond acceptors (Lipinski definition) is 2. The molecule has 0 aliphatic carbocycles. The van der Waals surface area contributed by atoms with Gasteiger partial charge in [-0.1, -0.05) is 66.4 Å². The number of rotatable bonds is 1. The third kappa shape index (κ3) is 2.88. The Morgan fingerprint density at radius 2 is 1.28 bits per heavy atom. The number of carbonyl (C=O) groups is 2. The van der Waals surface area contributed by atoms with E-state index in [1.165, 1.54) is 4.90 Å². The molecule has 0 aromatic heterocycles. The summed E-state index contributed by atoms with van der Waals surface area (Å²) in [5, 5.41) is 1.85. The summed E-state index contributed by atoms with van der Waals surface area (Å²) in [6.07, 6.45) is 0. The number of hydrogen-bond donors (Lipinski definition) is 0. The summed E-state index contributed by atoms with van der Waals surface area (Å²) in [6, 6.07) is 28.2. The van der Waals surface area contributed by atoms with E-state index in [0.29, 0.717) is 22.4 Å². The molecule has 3 heteroatoms. The quantitative estimate of drug-likeness (QED) is 0.346. The molecule has 0 atom stereocenters. The van der Waals surface area contributed by atoms with E-state index in [-0.39, 0.29) is 11.8 Å². The number of imide groups is 1. The number of fused-ring (bicyclic) bond motifs is 2. The van der Waals surface area contributed by atoms with Crippen LogP contribution in [-0.2, 0) is 0 Å². The van der Waals surface area contributed by atoms with Gasteiger partial charge in [-0.3, -0.25) is 9.59 Å². The zero-order valence-electron chi connectivity index (χ0n) is 15.4. The summed E-state index contributed by atoms with van der Waals surface area (Å²) in [7, 11) is 0. The minimum atomic E-state index is -0.315. The van der Waals surface area contributed by atoms with Crippen LogP contribution >= 0.6 is 0 Å². The van der Waals surface area contributed by atoms with Gasteiger partial charge in [-0.2, -0.15) is 0 Å². The highest BCUT2D eigenvalue weighted by molar-refractivity contribution is 6.36. The summed E-state index contributed by atoms with van der Waals surface area (Å²) in [5.41, 5.74) is 3.00. The highest BCUT2D eigenvalue weighted by atomic mass is 16.2. The average Bonchev–Trinajstić information content (AvgIpc) is 3.02. The van der Waals surface area contributed by atoms with Crippen LogP contribution < -0.4 is 4.90 Å². The van der Waals surface area contributed by atoms with Crippen molar-refractivity contribution in [1.82, 2.24) is 0 Å². The summed E-state index contributed by atoms with van der Waals surface area (Å²) >= 11 is 0. The summed E-state index contributed by atoms with van der Waals surface area (Å²) in [6.45, 7) is 0. The Morgan fingerprint density at radius 1 is 0.586 bits per heavy atom. The second-order valence-electron chi connectivity index (χ2n) is 6.82. The van der Waals surface area contributed by atoms with Gasteiger partial charge in [-0.05, 0) is 41.8 Å². The van der Waals surface area contributed by atoms with Crippen molar-refractivity contribution in [2.75, 3.05) is 4.90 Å². The van der Waals surface area contributed by atoms with Crippen molar-refractivity contribution in [2.45, 2.75) is 0 Å². The largest absolute Gasteiger partial charge is 0.268 e. The summed E-state index contributed by atoms with van der Waals surface area (Å²) in [5.74, 6) is 5.55. The van der Waals surface area contributed by atoms with E-state index < -0.39 is 0 Å². The van der Waals surface area contributed by atoms with E-state index in [2.05, 4.69) is 11.8 Å². The summed E-state index contributed by atoms with van der Waals surface area (Å²) < 4.78 is 0. The number of benzene rings is 4. The Labute approximate surface area is 168 Å². The molecule has 0 spiro atoms. The fourth-order valence-electron chi connectivity index (χ4n) is 3.61. The van der Waals surface area contributed by atoms with E-state index in [0.717, 1.165) is 16.3 Å².